The number of amides is 1. The van der Waals surface area contributed by atoms with Crippen molar-refractivity contribution >= 4 is 34.5 Å². The highest BCUT2D eigenvalue weighted by atomic mass is 35.5. The Morgan fingerprint density at radius 1 is 1.35 bits per heavy atom. The molecule has 0 aliphatic heterocycles. The highest BCUT2D eigenvalue weighted by molar-refractivity contribution is 7.16. The zero-order valence-electron chi connectivity index (χ0n) is 10.6. The summed E-state index contributed by atoms with van der Waals surface area (Å²) in [7, 11) is 0. The normalized spacial score (nSPS) is 10.4. The number of nitrogens with one attached hydrogen (secondary N) is 1. The monoisotopic (exact) mass is 311 g/mol. The maximum atomic E-state index is 11.7. The van der Waals surface area contributed by atoms with Crippen LogP contribution in [0.2, 0.25) is 4.34 Å². The van der Waals surface area contributed by atoms with Gasteiger partial charge in [-0.15, -0.1) is 11.3 Å². The number of hydrogen-bond donors (Lipinski definition) is 2. The first-order chi connectivity index (χ1) is 9.54. The molecule has 7 heteroatoms. The largest absolute Gasteiger partial charge is 0.398 e. The number of pyridine rings is 1. The SMILES string of the molecule is Nc1ccc(=O)n(CC(=O)NCCc2ccc(Cl)s2)c1. The molecular weight excluding hydrogens is 298 g/mol. The van der Waals surface area contributed by atoms with Gasteiger partial charge < -0.3 is 15.6 Å². The molecule has 20 heavy (non-hydrogen) atoms. The minimum atomic E-state index is -0.251. The van der Waals surface area contributed by atoms with E-state index < -0.39 is 0 Å². The van der Waals surface area contributed by atoms with E-state index in [2.05, 4.69) is 5.32 Å². The summed E-state index contributed by atoms with van der Waals surface area (Å²) in [6.07, 6.45) is 2.18. The molecule has 0 aliphatic carbocycles. The molecule has 2 rings (SSSR count). The summed E-state index contributed by atoms with van der Waals surface area (Å²) in [5.74, 6) is -0.222. The van der Waals surface area contributed by atoms with Crippen molar-refractivity contribution in [2.45, 2.75) is 13.0 Å². The molecule has 0 aliphatic rings. The number of anilines is 1. The van der Waals surface area contributed by atoms with Crippen molar-refractivity contribution in [1.82, 2.24) is 9.88 Å². The van der Waals surface area contributed by atoms with Crippen molar-refractivity contribution in [3.05, 3.63) is 50.0 Å². The topological polar surface area (TPSA) is 77.1 Å². The molecule has 0 bridgehead atoms. The molecule has 0 aromatic carbocycles. The summed E-state index contributed by atoms with van der Waals surface area (Å²) in [4.78, 5) is 24.4. The van der Waals surface area contributed by atoms with E-state index in [1.165, 1.54) is 34.2 Å². The number of rotatable bonds is 5. The van der Waals surface area contributed by atoms with Crippen molar-refractivity contribution < 1.29 is 4.79 Å². The van der Waals surface area contributed by atoms with Crippen LogP contribution in [-0.4, -0.2) is 17.0 Å². The predicted octanol–water partition coefficient (Wildman–Crippen LogP) is 1.50. The van der Waals surface area contributed by atoms with Crippen molar-refractivity contribution in [2.75, 3.05) is 12.3 Å². The lowest BCUT2D eigenvalue weighted by Crippen LogP contribution is -2.33. The first-order valence-electron chi connectivity index (χ1n) is 6.01. The van der Waals surface area contributed by atoms with Gasteiger partial charge in [0.2, 0.25) is 5.91 Å². The lowest BCUT2D eigenvalue weighted by molar-refractivity contribution is -0.121. The van der Waals surface area contributed by atoms with Gasteiger partial charge in [0.05, 0.1) is 4.34 Å². The lowest BCUT2D eigenvalue weighted by Gasteiger charge is -2.07. The molecule has 0 spiro atoms. The number of thiophene rings is 1. The van der Waals surface area contributed by atoms with Crippen LogP contribution in [-0.2, 0) is 17.8 Å². The van der Waals surface area contributed by atoms with Crippen molar-refractivity contribution in [1.29, 1.82) is 0 Å². The molecule has 2 aromatic rings. The number of nitrogens with two attached hydrogens (primary N) is 1. The molecule has 3 N–H and O–H groups in total. The molecule has 1 amide bonds. The third-order valence-electron chi connectivity index (χ3n) is 2.64. The van der Waals surface area contributed by atoms with Gasteiger partial charge in [0.15, 0.2) is 0 Å². The Morgan fingerprint density at radius 3 is 2.85 bits per heavy atom. The third-order valence-corrected chi connectivity index (χ3v) is 3.93. The van der Waals surface area contributed by atoms with Crippen LogP contribution in [0.4, 0.5) is 5.69 Å². The van der Waals surface area contributed by atoms with Gasteiger partial charge in [-0.25, -0.2) is 0 Å². The van der Waals surface area contributed by atoms with Gasteiger partial charge in [-0.2, -0.15) is 0 Å². The first kappa shape index (κ1) is 14.6. The van der Waals surface area contributed by atoms with Crippen LogP contribution in [0.25, 0.3) is 0 Å². The number of halogens is 1. The number of hydrogen-bond acceptors (Lipinski definition) is 4. The number of nitrogens with zero attached hydrogens (tertiary/aromatic N) is 1. The second kappa shape index (κ2) is 6.58. The average Bonchev–Trinajstić information content (AvgIpc) is 2.80. The Bertz CT molecular complexity index is 666. The molecule has 2 heterocycles. The van der Waals surface area contributed by atoms with E-state index >= 15 is 0 Å². The second-order valence-electron chi connectivity index (χ2n) is 4.23. The fourth-order valence-corrected chi connectivity index (χ4v) is 2.78. The van der Waals surface area contributed by atoms with E-state index in [0.29, 0.717) is 12.2 Å². The van der Waals surface area contributed by atoms with E-state index in [4.69, 9.17) is 17.3 Å². The van der Waals surface area contributed by atoms with Crippen LogP contribution >= 0.6 is 22.9 Å². The molecule has 0 radical (unpaired) electrons. The van der Waals surface area contributed by atoms with Gasteiger partial charge >= 0.3 is 0 Å². The average molecular weight is 312 g/mol. The molecule has 106 valence electrons. The molecular formula is C13H14ClN3O2S. The molecule has 0 saturated carbocycles. The number of carbonyl (C=O) groups excluding carboxylic acids is 1. The first-order valence-corrected chi connectivity index (χ1v) is 7.21. The Labute approximate surface area is 125 Å². The Hall–Kier alpha value is -1.79. The van der Waals surface area contributed by atoms with Gasteiger partial charge in [-0.3, -0.25) is 9.59 Å². The molecule has 5 nitrogen and oxygen atoms in total. The van der Waals surface area contributed by atoms with Gasteiger partial charge in [0.1, 0.15) is 6.54 Å². The maximum Gasteiger partial charge on any atom is 0.251 e. The summed E-state index contributed by atoms with van der Waals surface area (Å²) < 4.78 is 2.02. The van der Waals surface area contributed by atoms with Crippen LogP contribution in [0, 0.1) is 0 Å². The quantitative estimate of drug-likeness (QED) is 0.878. The zero-order valence-corrected chi connectivity index (χ0v) is 12.2. The predicted molar refractivity (Wildman–Crippen MR) is 81.2 cm³/mol. The standard InChI is InChI=1S/C13H14ClN3O2S/c14-11-3-2-10(20-11)5-6-16-12(18)8-17-7-9(15)1-4-13(17)19/h1-4,7H,5-6,8,15H2,(H,16,18). The van der Waals surface area contributed by atoms with Gasteiger partial charge in [0, 0.05) is 29.4 Å². The van der Waals surface area contributed by atoms with Crippen LogP contribution < -0.4 is 16.6 Å². The number of nitrogen functional groups attached to an aromatic ring is 1. The fraction of sp³-hybridized carbons (Fsp3) is 0.231. The van der Waals surface area contributed by atoms with E-state index in [-0.39, 0.29) is 18.0 Å². The lowest BCUT2D eigenvalue weighted by atomic mass is 10.3. The highest BCUT2D eigenvalue weighted by Crippen LogP contribution is 2.21. The van der Waals surface area contributed by atoms with Crippen molar-refractivity contribution in [3.8, 4) is 0 Å². The molecule has 0 atom stereocenters. The van der Waals surface area contributed by atoms with Gasteiger partial charge in [-0.1, -0.05) is 11.6 Å². The number of carbonyl (C=O) groups is 1. The summed E-state index contributed by atoms with van der Waals surface area (Å²) in [6, 6.07) is 6.62. The van der Waals surface area contributed by atoms with E-state index in [9.17, 15) is 9.59 Å². The van der Waals surface area contributed by atoms with Crippen molar-refractivity contribution in [3.63, 3.8) is 0 Å². The Kier molecular flexibility index (Phi) is 4.81. The summed E-state index contributed by atoms with van der Waals surface area (Å²) in [5, 5.41) is 2.76. The van der Waals surface area contributed by atoms with Crippen LogP contribution in [0.3, 0.4) is 0 Å². The minimum Gasteiger partial charge on any atom is -0.398 e. The summed E-state index contributed by atoms with van der Waals surface area (Å²) in [5.41, 5.74) is 5.78. The number of aromatic nitrogens is 1. The van der Waals surface area contributed by atoms with E-state index in [0.717, 1.165) is 15.6 Å². The molecule has 0 unspecified atom stereocenters. The zero-order chi connectivity index (χ0) is 14.5. The third kappa shape index (κ3) is 4.11. The highest BCUT2D eigenvalue weighted by Gasteiger charge is 2.05. The Morgan fingerprint density at radius 2 is 2.15 bits per heavy atom. The maximum absolute atomic E-state index is 11.7. The smallest absolute Gasteiger partial charge is 0.251 e. The van der Waals surface area contributed by atoms with Crippen LogP contribution in [0.1, 0.15) is 4.88 Å². The molecule has 2 aromatic heterocycles. The van der Waals surface area contributed by atoms with E-state index in [1.54, 1.807) is 0 Å². The molecule has 0 saturated heterocycles. The minimum absolute atomic E-state index is 0.0327. The van der Waals surface area contributed by atoms with Gasteiger partial charge in [0.25, 0.3) is 5.56 Å². The summed E-state index contributed by atoms with van der Waals surface area (Å²) >= 11 is 7.31. The van der Waals surface area contributed by atoms with Crippen molar-refractivity contribution in [2.24, 2.45) is 0 Å². The fourth-order valence-electron chi connectivity index (χ4n) is 1.70. The molecule has 0 fully saturated rings. The van der Waals surface area contributed by atoms with Crippen LogP contribution in [0.15, 0.2) is 35.3 Å². The van der Waals surface area contributed by atoms with E-state index in [1.807, 2.05) is 12.1 Å². The summed E-state index contributed by atoms with van der Waals surface area (Å²) in [6.45, 7) is 0.474. The van der Waals surface area contributed by atoms with Gasteiger partial charge in [-0.05, 0) is 24.6 Å². The second-order valence-corrected chi connectivity index (χ2v) is 6.03. The van der Waals surface area contributed by atoms with Crippen LogP contribution in [0.5, 0.6) is 0 Å². The Balaban J connectivity index is 1.83.